The van der Waals surface area contributed by atoms with Gasteiger partial charge in [-0.3, -0.25) is 14.4 Å². The molecule has 1 saturated heterocycles. The van der Waals surface area contributed by atoms with E-state index in [0.717, 1.165) is 18.4 Å². The number of nitrogens with one attached hydrogen (secondary N) is 1. The average molecular weight is 431 g/mol. The van der Waals surface area contributed by atoms with Crippen molar-refractivity contribution in [3.05, 3.63) is 35.9 Å². The summed E-state index contributed by atoms with van der Waals surface area (Å²) < 4.78 is 0. The molecule has 0 spiro atoms. The highest BCUT2D eigenvalue weighted by Crippen LogP contribution is 2.26. The molecule has 3 N–H and O–H groups in total. The van der Waals surface area contributed by atoms with Gasteiger partial charge in [0.1, 0.15) is 6.04 Å². The van der Waals surface area contributed by atoms with E-state index in [1.807, 2.05) is 67.8 Å². The molecule has 0 saturated carbocycles. The maximum absolute atomic E-state index is 13.4. The highest BCUT2D eigenvalue weighted by molar-refractivity contribution is 5.90. The highest BCUT2D eigenvalue weighted by Gasteiger charge is 2.37. The monoisotopic (exact) mass is 430 g/mol. The Hall–Kier alpha value is -2.41. The molecule has 0 bridgehead atoms. The van der Waals surface area contributed by atoms with Crippen LogP contribution in [0.5, 0.6) is 0 Å². The molecule has 1 fully saturated rings. The second kappa shape index (κ2) is 11.3. The molecule has 3 amide bonds. The second-order valence-electron chi connectivity index (χ2n) is 8.83. The maximum Gasteiger partial charge on any atom is 0.245 e. The van der Waals surface area contributed by atoms with Crippen molar-refractivity contribution in [1.29, 1.82) is 0 Å². The number of carbonyl (C=O) groups excluding carboxylic acids is 3. The number of nitrogens with two attached hydrogens (primary N) is 1. The summed E-state index contributed by atoms with van der Waals surface area (Å²) in [6, 6.07) is 8.51. The number of carbonyl (C=O) groups is 3. The Balaban J connectivity index is 2.16. The van der Waals surface area contributed by atoms with E-state index < -0.39 is 12.1 Å². The summed E-state index contributed by atoms with van der Waals surface area (Å²) in [4.78, 5) is 41.9. The lowest BCUT2D eigenvalue weighted by Gasteiger charge is -2.36. The first kappa shape index (κ1) is 24.9. The molecule has 0 aliphatic carbocycles. The number of rotatable bonds is 9. The highest BCUT2D eigenvalue weighted by atomic mass is 16.2. The number of hydrogen-bond acceptors (Lipinski definition) is 4. The summed E-state index contributed by atoms with van der Waals surface area (Å²) in [5, 5.41) is 2.85. The van der Waals surface area contributed by atoms with Crippen LogP contribution in [0.4, 0.5) is 0 Å². The quantitative estimate of drug-likeness (QED) is 0.629. The van der Waals surface area contributed by atoms with Crippen LogP contribution in [0, 0.1) is 5.92 Å². The molecule has 1 aliphatic rings. The molecule has 4 atom stereocenters. The molecule has 7 nitrogen and oxygen atoms in total. The molecular weight excluding hydrogens is 392 g/mol. The van der Waals surface area contributed by atoms with Crippen LogP contribution in [0.3, 0.4) is 0 Å². The van der Waals surface area contributed by atoms with Crippen LogP contribution in [-0.2, 0) is 14.4 Å². The third-order valence-electron chi connectivity index (χ3n) is 6.23. The minimum Gasteiger partial charge on any atom is -0.343 e. The van der Waals surface area contributed by atoms with Crippen molar-refractivity contribution >= 4 is 17.7 Å². The lowest BCUT2D eigenvalue weighted by atomic mass is 10.0. The summed E-state index contributed by atoms with van der Waals surface area (Å²) in [5.41, 5.74) is 6.92. The largest absolute Gasteiger partial charge is 0.343 e. The number of nitrogens with zero attached hydrogens (tertiary/aromatic N) is 2. The van der Waals surface area contributed by atoms with Gasteiger partial charge < -0.3 is 20.9 Å². The molecule has 0 radical (unpaired) electrons. The molecule has 7 heteroatoms. The van der Waals surface area contributed by atoms with Gasteiger partial charge >= 0.3 is 0 Å². The molecule has 0 aromatic heterocycles. The van der Waals surface area contributed by atoms with Crippen molar-refractivity contribution in [2.24, 2.45) is 11.7 Å². The Morgan fingerprint density at radius 3 is 2.39 bits per heavy atom. The summed E-state index contributed by atoms with van der Waals surface area (Å²) in [5.74, 6) is -0.467. The second-order valence-corrected chi connectivity index (χ2v) is 8.83. The SMILES string of the molecule is CC[C@H](N)C(=O)N[C@H](C(=O)N1CCC[C@H]1CN(C(C)=O)[C@H](C)c1ccccc1)C(C)C. The van der Waals surface area contributed by atoms with Gasteiger partial charge in [-0.15, -0.1) is 0 Å². The fourth-order valence-corrected chi connectivity index (χ4v) is 4.15. The first-order valence-electron chi connectivity index (χ1n) is 11.4. The molecule has 1 aromatic carbocycles. The van der Waals surface area contributed by atoms with E-state index >= 15 is 0 Å². The van der Waals surface area contributed by atoms with E-state index in [9.17, 15) is 14.4 Å². The van der Waals surface area contributed by atoms with Crippen LogP contribution < -0.4 is 11.1 Å². The zero-order chi connectivity index (χ0) is 23.1. The fraction of sp³-hybridized carbons (Fsp3) is 0.625. The zero-order valence-electron chi connectivity index (χ0n) is 19.5. The van der Waals surface area contributed by atoms with Crippen LogP contribution in [-0.4, -0.2) is 58.7 Å². The first-order chi connectivity index (χ1) is 14.7. The summed E-state index contributed by atoms with van der Waals surface area (Å²) in [6.45, 7) is 10.4. The topological polar surface area (TPSA) is 95.7 Å². The average Bonchev–Trinajstić information content (AvgIpc) is 3.22. The number of amides is 3. The Bertz CT molecular complexity index is 752. The first-order valence-corrected chi connectivity index (χ1v) is 11.4. The predicted molar refractivity (Wildman–Crippen MR) is 122 cm³/mol. The third-order valence-corrected chi connectivity index (χ3v) is 6.23. The standard InChI is InChI=1S/C24H38N4O3/c1-6-21(25)23(30)26-22(16(2)3)24(31)27-14-10-13-20(27)15-28(18(5)29)17(4)19-11-8-7-9-12-19/h7-9,11-12,16-17,20-22H,6,10,13-15,25H2,1-5H3,(H,26,30)/t17-,20+,21+,22+/m1/s1. The number of likely N-dealkylation sites (tertiary alicyclic amines) is 1. The summed E-state index contributed by atoms with van der Waals surface area (Å²) >= 11 is 0. The minimum absolute atomic E-state index is 0.0155. The summed E-state index contributed by atoms with van der Waals surface area (Å²) in [7, 11) is 0. The molecule has 1 aromatic rings. The van der Waals surface area contributed by atoms with Crippen LogP contribution in [0.25, 0.3) is 0 Å². The smallest absolute Gasteiger partial charge is 0.245 e. The van der Waals surface area contributed by atoms with E-state index in [0.29, 0.717) is 19.5 Å². The van der Waals surface area contributed by atoms with E-state index in [1.165, 1.54) is 0 Å². The molecule has 2 rings (SSSR count). The fourth-order valence-electron chi connectivity index (χ4n) is 4.15. The van der Waals surface area contributed by atoms with Crippen molar-refractivity contribution in [3.63, 3.8) is 0 Å². The van der Waals surface area contributed by atoms with Gasteiger partial charge in [-0.1, -0.05) is 51.1 Å². The van der Waals surface area contributed by atoms with Crippen LogP contribution in [0.15, 0.2) is 30.3 Å². The lowest BCUT2D eigenvalue weighted by molar-refractivity contribution is -0.140. The Kier molecular flexibility index (Phi) is 9.04. The Morgan fingerprint density at radius 1 is 1.19 bits per heavy atom. The minimum atomic E-state index is -0.622. The van der Waals surface area contributed by atoms with E-state index in [2.05, 4.69) is 5.32 Å². The molecular formula is C24H38N4O3. The third kappa shape index (κ3) is 6.29. The maximum atomic E-state index is 13.4. The Morgan fingerprint density at radius 2 is 1.84 bits per heavy atom. The lowest BCUT2D eigenvalue weighted by Crippen LogP contribution is -2.56. The van der Waals surface area contributed by atoms with Gasteiger partial charge in [-0.05, 0) is 37.7 Å². The normalized spacial score (nSPS) is 19.1. The predicted octanol–water partition coefficient (Wildman–Crippen LogP) is 2.47. The molecule has 1 heterocycles. The molecule has 0 unspecified atom stereocenters. The van der Waals surface area contributed by atoms with Gasteiger partial charge in [0.25, 0.3) is 0 Å². The molecule has 1 aliphatic heterocycles. The Labute approximate surface area is 186 Å². The van der Waals surface area contributed by atoms with Crippen LogP contribution >= 0.6 is 0 Å². The van der Waals surface area contributed by atoms with Gasteiger partial charge in [0.2, 0.25) is 17.7 Å². The van der Waals surface area contributed by atoms with E-state index in [1.54, 1.807) is 6.92 Å². The van der Waals surface area contributed by atoms with E-state index in [4.69, 9.17) is 5.73 Å². The number of benzene rings is 1. The van der Waals surface area contributed by atoms with E-state index in [-0.39, 0.29) is 35.7 Å². The van der Waals surface area contributed by atoms with Gasteiger partial charge in [0.05, 0.1) is 12.1 Å². The van der Waals surface area contributed by atoms with Crippen molar-refractivity contribution in [3.8, 4) is 0 Å². The zero-order valence-corrected chi connectivity index (χ0v) is 19.5. The van der Waals surface area contributed by atoms with Crippen molar-refractivity contribution in [2.75, 3.05) is 13.1 Å². The van der Waals surface area contributed by atoms with Crippen molar-refractivity contribution < 1.29 is 14.4 Å². The van der Waals surface area contributed by atoms with Crippen LogP contribution in [0.2, 0.25) is 0 Å². The molecule has 31 heavy (non-hydrogen) atoms. The summed E-state index contributed by atoms with van der Waals surface area (Å²) in [6.07, 6.45) is 2.24. The molecule has 172 valence electrons. The van der Waals surface area contributed by atoms with Crippen molar-refractivity contribution in [1.82, 2.24) is 15.1 Å². The van der Waals surface area contributed by atoms with Crippen molar-refractivity contribution in [2.45, 2.75) is 78.0 Å². The van der Waals surface area contributed by atoms with Gasteiger partial charge in [0, 0.05) is 26.1 Å². The van der Waals surface area contributed by atoms with Gasteiger partial charge in [-0.25, -0.2) is 0 Å². The van der Waals surface area contributed by atoms with Gasteiger partial charge in [0.15, 0.2) is 0 Å². The van der Waals surface area contributed by atoms with Crippen LogP contribution in [0.1, 0.15) is 65.5 Å². The van der Waals surface area contributed by atoms with Gasteiger partial charge in [-0.2, -0.15) is 0 Å². The number of hydrogen-bond donors (Lipinski definition) is 2.